The summed E-state index contributed by atoms with van der Waals surface area (Å²) in [6.45, 7) is 5.95. The Morgan fingerprint density at radius 2 is 2.00 bits per heavy atom. The molecule has 0 spiro atoms. The van der Waals surface area contributed by atoms with E-state index in [-0.39, 0.29) is 24.0 Å². The fraction of sp³-hybridized carbons (Fsp3) is 0.391. The van der Waals surface area contributed by atoms with Crippen LogP contribution in [-0.4, -0.2) is 28.6 Å². The molecule has 0 bridgehead atoms. The topological polar surface area (TPSA) is 54.2 Å². The number of rotatable bonds is 9. The lowest BCUT2D eigenvalue weighted by molar-refractivity contribution is 0.594. The maximum atomic E-state index is 4.52. The lowest BCUT2D eigenvalue weighted by atomic mass is 10.1. The number of aromatic nitrogens is 2. The maximum Gasteiger partial charge on any atom is 0.191 e. The summed E-state index contributed by atoms with van der Waals surface area (Å²) in [5.74, 6) is 1.84. The summed E-state index contributed by atoms with van der Waals surface area (Å²) in [6, 6.07) is 15.3. The minimum absolute atomic E-state index is 0. The molecule has 0 radical (unpaired) electrons. The second-order valence-electron chi connectivity index (χ2n) is 7.31. The van der Waals surface area contributed by atoms with Gasteiger partial charge in [-0.1, -0.05) is 30.3 Å². The molecule has 0 amide bonds. The molecule has 2 aromatic heterocycles. The lowest BCUT2D eigenvalue weighted by Gasteiger charge is -2.17. The third-order valence-electron chi connectivity index (χ3n) is 4.83. The Morgan fingerprint density at radius 3 is 2.70 bits per heavy atom. The molecule has 2 heterocycles. The van der Waals surface area contributed by atoms with Gasteiger partial charge in [-0.15, -0.1) is 35.3 Å². The molecule has 0 aliphatic rings. The van der Waals surface area contributed by atoms with Crippen LogP contribution in [0.3, 0.4) is 0 Å². The molecular formula is C23H32IN5S. The molecule has 1 unspecified atom stereocenters. The first-order valence-corrected chi connectivity index (χ1v) is 11.0. The first-order chi connectivity index (χ1) is 14.1. The van der Waals surface area contributed by atoms with Crippen LogP contribution >= 0.6 is 35.3 Å². The van der Waals surface area contributed by atoms with Crippen LogP contribution in [0, 0.1) is 6.92 Å². The van der Waals surface area contributed by atoms with Crippen molar-refractivity contribution in [2.45, 2.75) is 52.2 Å². The van der Waals surface area contributed by atoms with Crippen molar-refractivity contribution in [2.75, 3.05) is 7.05 Å². The van der Waals surface area contributed by atoms with Gasteiger partial charge in [-0.2, -0.15) is 0 Å². The number of halogens is 1. The van der Waals surface area contributed by atoms with Gasteiger partial charge in [0.05, 0.1) is 6.54 Å². The van der Waals surface area contributed by atoms with Gasteiger partial charge in [-0.05, 0) is 44.4 Å². The average Bonchev–Trinajstić information content (AvgIpc) is 3.34. The summed E-state index contributed by atoms with van der Waals surface area (Å²) < 4.78 is 2.22. The van der Waals surface area contributed by atoms with Crippen LogP contribution in [0.25, 0.3) is 0 Å². The third kappa shape index (κ3) is 7.75. The van der Waals surface area contributed by atoms with E-state index in [1.807, 2.05) is 24.6 Å². The van der Waals surface area contributed by atoms with Gasteiger partial charge in [0.2, 0.25) is 0 Å². The second kappa shape index (κ2) is 12.7. The zero-order valence-electron chi connectivity index (χ0n) is 18.0. The fourth-order valence-corrected chi connectivity index (χ4v) is 4.37. The van der Waals surface area contributed by atoms with Gasteiger partial charge in [-0.3, -0.25) is 4.99 Å². The molecule has 2 N–H and O–H groups in total. The highest BCUT2D eigenvalue weighted by Crippen LogP contribution is 2.16. The molecule has 5 nitrogen and oxygen atoms in total. The largest absolute Gasteiger partial charge is 0.354 e. The predicted molar refractivity (Wildman–Crippen MR) is 138 cm³/mol. The number of hydrogen-bond acceptors (Lipinski definition) is 3. The Bertz CT molecular complexity index is 903. The molecule has 30 heavy (non-hydrogen) atoms. The quantitative estimate of drug-likeness (QED) is 0.234. The van der Waals surface area contributed by atoms with Gasteiger partial charge in [0.15, 0.2) is 5.96 Å². The van der Waals surface area contributed by atoms with Crippen LogP contribution in [0.5, 0.6) is 0 Å². The molecule has 162 valence electrons. The predicted octanol–water partition coefficient (Wildman–Crippen LogP) is 4.80. The molecular weight excluding hydrogens is 505 g/mol. The minimum Gasteiger partial charge on any atom is -0.354 e. The zero-order chi connectivity index (χ0) is 20.5. The van der Waals surface area contributed by atoms with E-state index in [1.54, 1.807) is 0 Å². The van der Waals surface area contributed by atoms with E-state index in [0.717, 1.165) is 37.6 Å². The highest BCUT2D eigenvalue weighted by molar-refractivity contribution is 14.0. The van der Waals surface area contributed by atoms with Gasteiger partial charge in [0.1, 0.15) is 5.82 Å². The monoisotopic (exact) mass is 537 g/mol. The summed E-state index contributed by atoms with van der Waals surface area (Å²) in [5.41, 5.74) is 1.38. The first-order valence-electron chi connectivity index (χ1n) is 10.2. The summed E-state index contributed by atoms with van der Waals surface area (Å²) in [7, 11) is 1.81. The second-order valence-corrected chi connectivity index (χ2v) is 8.69. The van der Waals surface area contributed by atoms with Crippen molar-refractivity contribution in [2.24, 2.45) is 4.99 Å². The summed E-state index contributed by atoms with van der Waals surface area (Å²) in [4.78, 5) is 11.6. The van der Waals surface area contributed by atoms with Crippen LogP contribution in [0.1, 0.15) is 34.5 Å². The van der Waals surface area contributed by atoms with Crippen molar-refractivity contribution in [3.05, 3.63) is 76.0 Å². The smallest absolute Gasteiger partial charge is 0.191 e. The Labute approximate surface area is 201 Å². The number of aryl methyl sites for hydroxylation is 3. The Kier molecular flexibility index (Phi) is 10.4. The van der Waals surface area contributed by atoms with Crippen LogP contribution in [0.4, 0.5) is 0 Å². The number of aliphatic imine (C=N–C) groups is 1. The maximum absolute atomic E-state index is 4.52. The number of nitrogens with one attached hydrogen (secondary N) is 2. The number of thiophene rings is 1. The van der Waals surface area contributed by atoms with Crippen LogP contribution in [0.2, 0.25) is 0 Å². The number of imidazole rings is 1. The number of nitrogens with zero attached hydrogens (tertiary/aromatic N) is 3. The van der Waals surface area contributed by atoms with E-state index in [0.29, 0.717) is 12.6 Å². The van der Waals surface area contributed by atoms with E-state index in [1.165, 1.54) is 15.3 Å². The van der Waals surface area contributed by atoms with Crippen molar-refractivity contribution in [1.29, 1.82) is 0 Å². The molecule has 1 atom stereocenters. The van der Waals surface area contributed by atoms with E-state index >= 15 is 0 Å². The molecule has 0 saturated carbocycles. The Morgan fingerprint density at radius 1 is 1.20 bits per heavy atom. The summed E-state index contributed by atoms with van der Waals surface area (Å²) in [6.07, 6.45) is 7.09. The van der Waals surface area contributed by atoms with E-state index in [2.05, 4.69) is 87.7 Å². The molecule has 0 aliphatic heterocycles. The average molecular weight is 538 g/mol. The van der Waals surface area contributed by atoms with Crippen molar-refractivity contribution >= 4 is 41.3 Å². The Balaban J connectivity index is 0.00000320. The highest BCUT2D eigenvalue weighted by atomic mass is 127. The molecule has 3 rings (SSSR count). The van der Waals surface area contributed by atoms with E-state index in [4.69, 9.17) is 0 Å². The van der Waals surface area contributed by atoms with Gasteiger partial charge in [0.25, 0.3) is 0 Å². The molecule has 0 fully saturated rings. The number of hydrogen-bond donors (Lipinski definition) is 2. The van der Waals surface area contributed by atoms with Gasteiger partial charge < -0.3 is 15.2 Å². The van der Waals surface area contributed by atoms with E-state index in [9.17, 15) is 0 Å². The normalized spacial score (nSPS) is 12.3. The summed E-state index contributed by atoms with van der Waals surface area (Å²) >= 11 is 1.86. The Hall–Kier alpha value is -1.87. The van der Waals surface area contributed by atoms with Crippen molar-refractivity contribution < 1.29 is 0 Å². The minimum atomic E-state index is 0. The molecule has 0 aliphatic carbocycles. The number of benzene rings is 1. The molecule has 0 saturated heterocycles. The fourth-order valence-electron chi connectivity index (χ4n) is 3.35. The van der Waals surface area contributed by atoms with Gasteiger partial charge in [0, 0.05) is 48.2 Å². The van der Waals surface area contributed by atoms with Crippen LogP contribution < -0.4 is 10.6 Å². The van der Waals surface area contributed by atoms with Gasteiger partial charge >= 0.3 is 0 Å². The molecule has 1 aromatic carbocycles. The number of guanidine groups is 1. The molecule has 7 heteroatoms. The standard InChI is InChI=1S/C23H31N5S.HI/c1-18(16-21-12-11-19(2)29-21)27-23(24-3)26-17-22-25-13-15-28(22)14-7-10-20-8-5-4-6-9-20;/h4-6,8-9,11-13,15,18H,7,10,14,16-17H2,1-3H3,(H2,24,26,27);1H. The first kappa shape index (κ1) is 24.4. The van der Waals surface area contributed by atoms with E-state index < -0.39 is 0 Å². The summed E-state index contributed by atoms with van der Waals surface area (Å²) in [5, 5.41) is 6.88. The SMILES string of the molecule is CN=C(NCc1nccn1CCCc1ccccc1)NC(C)Cc1ccc(C)s1.I. The van der Waals surface area contributed by atoms with Crippen LogP contribution in [0.15, 0.2) is 59.9 Å². The van der Waals surface area contributed by atoms with Crippen molar-refractivity contribution in [1.82, 2.24) is 20.2 Å². The lowest BCUT2D eigenvalue weighted by Crippen LogP contribution is -2.43. The van der Waals surface area contributed by atoms with Crippen molar-refractivity contribution in [3.8, 4) is 0 Å². The van der Waals surface area contributed by atoms with Crippen molar-refractivity contribution in [3.63, 3.8) is 0 Å². The zero-order valence-corrected chi connectivity index (χ0v) is 21.1. The van der Waals surface area contributed by atoms with Crippen LogP contribution in [-0.2, 0) is 25.9 Å². The van der Waals surface area contributed by atoms with Gasteiger partial charge in [-0.25, -0.2) is 4.98 Å². The third-order valence-corrected chi connectivity index (χ3v) is 5.86. The highest BCUT2D eigenvalue weighted by Gasteiger charge is 2.09. The molecule has 3 aromatic rings.